The molecule has 1 fully saturated rings. The molecule has 2 N–H and O–H groups in total. The van der Waals surface area contributed by atoms with Gasteiger partial charge in [-0.25, -0.2) is 0 Å². The van der Waals surface area contributed by atoms with Crippen LogP contribution in [0.15, 0.2) is 24.3 Å². The molecule has 0 radical (unpaired) electrons. The van der Waals surface area contributed by atoms with E-state index in [1.165, 1.54) is 24.9 Å². The first-order valence-corrected chi connectivity index (χ1v) is 8.29. The summed E-state index contributed by atoms with van der Waals surface area (Å²) >= 11 is 0. The van der Waals surface area contributed by atoms with Gasteiger partial charge in [-0.3, -0.25) is 4.79 Å². The molecule has 4 heteroatoms. The molecule has 1 heterocycles. The van der Waals surface area contributed by atoms with Crippen LogP contribution in [-0.2, 0) is 4.79 Å². The first-order chi connectivity index (χ1) is 10.3. The van der Waals surface area contributed by atoms with E-state index in [0.29, 0.717) is 0 Å². The molecule has 0 unspecified atom stereocenters. The number of carbonyl (C=O) groups is 1. The van der Waals surface area contributed by atoms with Crippen LogP contribution in [0.1, 0.15) is 47.0 Å². The molecule has 1 saturated heterocycles. The van der Waals surface area contributed by atoms with Crippen LogP contribution in [0.25, 0.3) is 0 Å². The maximum atomic E-state index is 12.1. The van der Waals surface area contributed by atoms with Gasteiger partial charge in [-0.2, -0.15) is 0 Å². The molecule has 0 aromatic heterocycles. The smallest absolute Gasteiger partial charge is 0.242 e. The van der Waals surface area contributed by atoms with E-state index in [2.05, 4.69) is 39.8 Å². The minimum atomic E-state index is -0.250. The molecule has 0 spiro atoms. The number of hydrogen-bond donors (Lipinski definition) is 2. The Morgan fingerprint density at radius 1 is 1.09 bits per heavy atom. The van der Waals surface area contributed by atoms with Gasteiger partial charge in [0.25, 0.3) is 0 Å². The highest BCUT2D eigenvalue weighted by Crippen LogP contribution is 2.22. The van der Waals surface area contributed by atoms with Crippen LogP contribution in [0.5, 0.6) is 0 Å². The summed E-state index contributed by atoms with van der Waals surface area (Å²) < 4.78 is 0. The van der Waals surface area contributed by atoms with Gasteiger partial charge in [-0.05, 0) is 71.2 Å². The Bertz CT molecular complexity index is 484. The van der Waals surface area contributed by atoms with Crippen LogP contribution < -0.4 is 15.5 Å². The van der Waals surface area contributed by atoms with Crippen molar-refractivity contribution in [1.29, 1.82) is 0 Å². The highest BCUT2D eigenvalue weighted by molar-refractivity contribution is 5.84. The topological polar surface area (TPSA) is 44.4 Å². The Balaban J connectivity index is 1.91. The first-order valence-electron chi connectivity index (χ1n) is 8.29. The van der Waals surface area contributed by atoms with Gasteiger partial charge >= 0.3 is 0 Å². The Labute approximate surface area is 134 Å². The zero-order valence-electron chi connectivity index (χ0n) is 14.3. The molecule has 122 valence electrons. The number of nitrogens with one attached hydrogen (secondary N) is 2. The lowest BCUT2D eigenvalue weighted by Crippen LogP contribution is -2.47. The molecule has 4 nitrogen and oxygen atoms in total. The Morgan fingerprint density at radius 3 is 2.23 bits per heavy atom. The number of benzene rings is 1. The van der Waals surface area contributed by atoms with Gasteiger partial charge in [0, 0.05) is 30.0 Å². The number of anilines is 2. The van der Waals surface area contributed by atoms with Crippen molar-refractivity contribution in [3.05, 3.63) is 24.3 Å². The summed E-state index contributed by atoms with van der Waals surface area (Å²) in [6, 6.07) is 8.15. The first kappa shape index (κ1) is 16.7. The molecule has 22 heavy (non-hydrogen) atoms. The summed E-state index contributed by atoms with van der Waals surface area (Å²) in [5.41, 5.74) is 2.06. The predicted molar refractivity (Wildman–Crippen MR) is 93.5 cm³/mol. The monoisotopic (exact) mass is 303 g/mol. The molecular weight excluding hydrogens is 274 g/mol. The van der Waals surface area contributed by atoms with Crippen LogP contribution in [0.3, 0.4) is 0 Å². The molecule has 1 aliphatic rings. The lowest BCUT2D eigenvalue weighted by atomic mass is 10.1. The van der Waals surface area contributed by atoms with Crippen LogP contribution in [0, 0.1) is 0 Å². The fourth-order valence-electron chi connectivity index (χ4n) is 2.71. The van der Waals surface area contributed by atoms with E-state index in [0.717, 1.165) is 18.8 Å². The average Bonchev–Trinajstić information content (AvgIpc) is 2.47. The molecule has 1 aliphatic heterocycles. The van der Waals surface area contributed by atoms with E-state index in [-0.39, 0.29) is 17.5 Å². The van der Waals surface area contributed by atoms with Crippen molar-refractivity contribution >= 4 is 17.3 Å². The summed E-state index contributed by atoms with van der Waals surface area (Å²) in [5, 5.41) is 6.26. The second-order valence-electron chi connectivity index (χ2n) is 7.20. The van der Waals surface area contributed by atoms with Crippen molar-refractivity contribution in [2.45, 2.75) is 58.5 Å². The second kappa shape index (κ2) is 7.03. The minimum Gasteiger partial charge on any atom is -0.374 e. The third kappa shape index (κ3) is 4.93. The fraction of sp³-hybridized carbons (Fsp3) is 0.611. The van der Waals surface area contributed by atoms with Gasteiger partial charge in [0.2, 0.25) is 5.91 Å². The number of hydrogen-bond acceptors (Lipinski definition) is 3. The van der Waals surface area contributed by atoms with Gasteiger partial charge in [-0.15, -0.1) is 0 Å². The number of amides is 1. The summed E-state index contributed by atoms with van der Waals surface area (Å²) in [6.45, 7) is 10.2. The summed E-state index contributed by atoms with van der Waals surface area (Å²) in [5.74, 6) is 0.0209. The van der Waals surface area contributed by atoms with E-state index in [4.69, 9.17) is 0 Å². The van der Waals surface area contributed by atoms with E-state index in [1.807, 2.05) is 27.7 Å². The maximum Gasteiger partial charge on any atom is 0.242 e. The third-order valence-corrected chi connectivity index (χ3v) is 3.86. The van der Waals surface area contributed by atoms with E-state index < -0.39 is 0 Å². The van der Waals surface area contributed by atoms with Crippen LogP contribution in [-0.4, -0.2) is 30.6 Å². The lowest BCUT2D eigenvalue weighted by molar-refractivity contribution is -0.122. The molecule has 1 aromatic rings. The predicted octanol–water partition coefficient (Wildman–Crippen LogP) is 3.39. The SMILES string of the molecule is C[C@H](Nc1ccc(N2CCCCC2)cc1)C(=O)NC(C)(C)C. The highest BCUT2D eigenvalue weighted by atomic mass is 16.2. The van der Waals surface area contributed by atoms with Gasteiger partial charge in [0.1, 0.15) is 6.04 Å². The van der Waals surface area contributed by atoms with Crippen molar-refractivity contribution in [2.75, 3.05) is 23.3 Å². The standard InChI is InChI=1S/C18H29N3O/c1-14(17(22)20-18(2,3)4)19-15-8-10-16(11-9-15)21-12-6-5-7-13-21/h8-11,14,19H,5-7,12-13H2,1-4H3,(H,20,22)/t14-/m0/s1. The van der Waals surface area contributed by atoms with Crippen LogP contribution >= 0.6 is 0 Å². The van der Waals surface area contributed by atoms with Crippen molar-refractivity contribution in [3.8, 4) is 0 Å². The number of piperidine rings is 1. The summed E-state index contributed by atoms with van der Waals surface area (Å²) in [6.07, 6.45) is 3.91. The van der Waals surface area contributed by atoms with Gasteiger partial charge in [-0.1, -0.05) is 0 Å². The molecule has 0 bridgehead atoms. The molecule has 1 amide bonds. The van der Waals surface area contributed by atoms with Gasteiger partial charge in [0.15, 0.2) is 0 Å². The Morgan fingerprint density at radius 2 is 1.68 bits per heavy atom. The number of rotatable bonds is 4. The highest BCUT2D eigenvalue weighted by Gasteiger charge is 2.19. The molecule has 0 aliphatic carbocycles. The molecule has 1 atom stereocenters. The largest absolute Gasteiger partial charge is 0.374 e. The minimum absolute atomic E-state index is 0.0209. The number of nitrogens with zero attached hydrogens (tertiary/aromatic N) is 1. The Kier molecular flexibility index (Phi) is 5.33. The zero-order valence-corrected chi connectivity index (χ0v) is 14.3. The Hall–Kier alpha value is -1.71. The van der Waals surface area contributed by atoms with Crippen LogP contribution in [0.2, 0.25) is 0 Å². The van der Waals surface area contributed by atoms with Crippen molar-refractivity contribution < 1.29 is 4.79 Å². The molecule has 2 rings (SSSR count). The fourth-order valence-corrected chi connectivity index (χ4v) is 2.71. The quantitative estimate of drug-likeness (QED) is 0.896. The molecular formula is C18H29N3O. The van der Waals surface area contributed by atoms with Crippen molar-refractivity contribution in [1.82, 2.24) is 5.32 Å². The second-order valence-corrected chi connectivity index (χ2v) is 7.20. The molecule has 1 aromatic carbocycles. The summed E-state index contributed by atoms with van der Waals surface area (Å²) in [4.78, 5) is 14.5. The van der Waals surface area contributed by atoms with Gasteiger partial charge in [0.05, 0.1) is 0 Å². The maximum absolute atomic E-state index is 12.1. The van der Waals surface area contributed by atoms with Crippen molar-refractivity contribution in [2.24, 2.45) is 0 Å². The van der Waals surface area contributed by atoms with Crippen LogP contribution in [0.4, 0.5) is 11.4 Å². The molecule has 0 saturated carbocycles. The van der Waals surface area contributed by atoms with E-state index >= 15 is 0 Å². The van der Waals surface area contributed by atoms with E-state index in [9.17, 15) is 4.79 Å². The lowest BCUT2D eigenvalue weighted by Gasteiger charge is -2.29. The van der Waals surface area contributed by atoms with Crippen molar-refractivity contribution in [3.63, 3.8) is 0 Å². The van der Waals surface area contributed by atoms with Gasteiger partial charge < -0.3 is 15.5 Å². The number of carbonyl (C=O) groups excluding carboxylic acids is 1. The zero-order chi connectivity index (χ0) is 16.2. The van der Waals surface area contributed by atoms with E-state index in [1.54, 1.807) is 0 Å². The third-order valence-electron chi connectivity index (χ3n) is 3.86. The normalized spacial score (nSPS) is 17.0. The average molecular weight is 303 g/mol. The summed E-state index contributed by atoms with van der Waals surface area (Å²) in [7, 11) is 0.